The molecule has 126 valence electrons. The maximum absolute atomic E-state index is 12.1. The van der Waals surface area contributed by atoms with Gasteiger partial charge >= 0.3 is 12.1 Å². The maximum Gasteiger partial charge on any atom is 0.410 e. The summed E-state index contributed by atoms with van der Waals surface area (Å²) in [6, 6.07) is 9.52. The standard InChI is InChI=1S/C17H18N2O5/c20-16(21)14-11-23-15(18-14)13-6-8-19(9-7-13)17(22)24-10-12-4-2-1-3-5-12/h1-5,11,13H,6-10H2,(H,20,21). The highest BCUT2D eigenvalue weighted by atomic mass is 16.6. The molecule has 1 fully saturated rings. The van der Waals surface area contributed by atoms with Gasteiger partial charge in [0.2, 0.25) is 0 Å². The van der Waals surface area contributed by atoms with Crippen LogP contribution in [-0.4, -0.2) is 40.1 Å². The number of hydrogen-bond acceptors (Lipinski definition) is 5. The van der Waals surface area contributed by atoms with E-state index in [4.69, 9.17) is 14.3 Å². The van der Waals surface area contributed by atoms with Gasteiger partial charge < -0.3 is 19.2 Å². The van der Waals surface area contributed by atoms with Gasteiger partial charge in [-0.2, -0.15) is 0 Å². The van der Waals surface area contributed by atoms with Gasteiger partial charge in [0.25, 0.3) is 0 Å². The van der Waals surface area contributed by atoms with E-state index in [9.17, 15) is 9.59 Å². The fraction of sp³-hybridized carbons (Fsp3) is 0.353. The zero-order valence-electron chi connectivity index (χ0n) is 13.1. The lowest BCUT2D eigenvalue weighted by Crippen LogP contribution is -2.38. The Hall–Kier alpha value is -2.83. The Balaban J connectivity index is 1.49. The highest BCUT2D eigenvalue weighted by molar-refractivity contribution is 5.84. The number of aromatic nitrogens is 1. The first-order valence-electron chi connectivity index (χ1n) is 7.78. The number of amides is 1. The molecule has 24 heavy (non-hydrogen) atoms. The van der Waals surface area contributed by atoms with Gasteiger partial charge in [-0.3, -0.25) is 0 Å². The lowest BCUT2D eigenvalue weighted by atomic mass is 9.97. The van der Waals surface area contributed by atoms with E-state index in [0.717, 1.165) is 11.8 Å². The molecule has 7 nitrogen and oxygen atoms in total. The smallest absolute Gasteiger partial charge is 0.410 e. The van der Waals surface area contributed by atoms with Gasteiger partial charge in [0.15, 0.2) is 11.6 Å². The molecule has 2 aromatic rings. The van der Waals surface area contributed by atoms with Gasteiger partial charge in [0, 0.05) is 19.0 Å². The summed E-state index contributed by atoms with van der Waals surface area (Å²) in [5, 5.41) is 8.87. The van der Waals surface area contributed by atoms with Crippen LogP contribution in [-0.2, 0) is 11.3 Å². The number of rotatable bonds is 4. The topological polar surface area (TPSA) is 92.9 Å². The van der Waals surface area contributed by atoms with Gasteiger partial charge in [-0.15, -0.1) is 0 Å². The number of aromatic carboxylic acids is 1. The van der Waals surface area contributed by atoms with Crippen LogP contribution in [0.5, 0.6) is 0 Å². The molecule has 2 heterocycles. The number of ether oxygens (including phenoxy) is 1. The van der Waals surface area contributed by atoms with Crippen LogP contribution >= 0.6 is 0 Å². The molecule has 0 saturated carbocycles. The Kier molecular flexibility index (Phi) is 4.79. The molecule has 0 unspecified atom stereocenters. The zero-order chi connectivity index (χ0) is 16.9. The second kappa shape index (κ2) is 7.16. The Morgan fingerprint density at radius 1 is 1.25 bits per heavy atom. The van der Waals surface area contributed by atoms with E-state index in [0.29, 0.717) is 31.8 Å². The highest BCUT2D eigenvalue weighted by Gasteiger charge is 2.28. The molecule has 0 aliphatic carbocycles. The molecular formula is C17H18N2O5. The molecule has 1 amide bonds. The molecule has 1 aliphatic heterocycles. The molecule has 0 radical (unpaired) electrons. The number of piperidine rings is 1. The Bertz CT molecular complexity index is 705. The van der Waals surface area contributed by atoms with Crippen molar-refractivity contribution < 1.29 is 23.8 Å². The lowest BCUT2D eigenvalue weighted by Gasteiger charge is -2.29. The Morgan fingerprint density at radius 3 is 2.58 bits per heavy atom. The SMILES string of the molecule is O=C(O)c1coc(C2CCN(C(=O)OCc3ccccc3)CC2)n1. The van der Waals surface area contributed by atoms with E-state index in [1.165, 1.54) is 0 Å². The predicted octanol–water partition coefficient (Wildman–Crippen LogP) is 2.89. The van der Waals surface area contributed by atoms with Gasteiger partial charge in [-0.1, -0.05) is 30.3 Å². The third-order valence-corrected chi connectivity index (χ3v) is 4.05. The second-order valence-corrected chi connectivity index (χ2v) is 5.68. The van der Waals surface area contributed by atoms with Crippen molar-refractivity contribution in [1.82, 2.24) is 9.88 Å². The molecule has 7 heteroatoms. The van der Waals surface area contributed by atoms with Gasteiger partial charge in [-0.05, 0) is 18.4 Å². The van der Waals surface area contributed by atoms with E-state index >= 15 is 0 Å². The average molecular weight is 330 g/mol. The van der Waals surface area contributed by atoms with Gasteiger partial charge in [0.05, 0.1) is 0 Å². The fourth-order valence-corrected chi connectivity index (χ4v) is 2.69. The van der Waals surface area contributed by atoms with Crippen molar-refractivity contribution in [2.24, 2.45) is 0 Å². The molecule has 1 aliphatic rings. The average Bonchev–Trinajstić information content (AvgIpc) is 3.11. The summed E-state index contributed by atoms with van der Waals surface area (Å²) in [7, 11) is 0. The monoisotopic (exact) mass is 330 g/mol. The first kappa shape index (κ1) is 16.0. The third kappa shape index (κ3) is 3.73. The van der Waals surface area contributed by atoms with Gasteiger partial charge in [-0.25, -0.2) is 14.6 Å². The number of nitrogens with zero attached hydrogens (tertiary/aromatic N) is 2. The van der Waals surface area contributed by atoms with Crippen molar-refractivity contribution in [3.63, 3.8) is 0 Å². The van der Waals surface area contributed by atoms with Crippen LogP contribution in [0.15, 0.2) is 41.0 Å². The third-order valence-electron chi connectivity index (χ3n) is 4.05. The number of carbonyl (C=O) groups excluding carboxylic acids is 1. The van der Waals surface area contributed by atoms with E-state index in [2.05, 4.69) is 4.98 Å². The van der Waals surface area contributed by atoms with Crippen molar-refractivity contribution in [3.8, 4) is 0 Å². The minimum absolute atomic E-state index is 0.0243. The van der Waals surface area contributed by atoms with E-state index in [-0.39, 0.29) is 24.3 Å². The van der Waals surface area contributed by atoms with Crippen LogP contribution < -0.4 is 0 Å². The molecule has 1 aromatic heterocycles. The Labute approximate surface area is 138 Å². The Morgan fingerprint density at radius 2 is 1.96 bits per heavy atom. The van der Waals surface area contributed by atoms with Crippen LogP contribution in [0.4, 0.5) is 4.79 Å². The maximum atomic E-state index is 12.1. The van der Waals surface area contributed by atoms with Crippen molar-refractivity contribution in [3.05, 3.63) is 53.7 Å². The number of benzene rings is 1. The van der Waals surface area contributed by atoms with E-state index in [1.54, 1.807) is 4.90 Å². The summed E-state index contributed by atoms with van der Waals surface area (Å²) in [5.74, 6) is -0.659. The number of likely N-dealkylation sites (tertiary alicyclic amines) is 1. The number of hydrogen-bond donors (Lipinski definition) is 1. The first-order chi connectivity index (χ1) is 11.6. The highest BCUT2D eigenvalue weighted by Crippen LogP contribution is 2.27. The molecule has 3 rings (SSSR count). The zero-order valence-corrected chi connectivity index (χ0v) is 13.1. The number of oxazole rings is 1. The molecule has 1 saturated heterocycles. The normalized spacial score (nSPS) is 15.2. The first-order valence-corrected chi connectivity index (χ1v) is 7.78. The summed E-state index contributed by atoms with van der Waals surface area (Å²) in [5.41, 5.74) is 0.858. The predicted molar refractivity (Wildman–Crippen MR) is 83.6 cm³/mol. The minimum atomic E-state index is -1.10. The molecule has 0 spiro atoms. The lowest BCUT2D eigenvalue weighted by molar-refractivity contribution is 0.0690. The van der Waals surface area contributed by atoms with Crippen molar-refractivity contribution in [2.45, 2.75) is 25.4 Å². The summed E-state index contributed by atoms with van der Waals surface area (Å²) >= 11 is 0. The molecule has 0 atom stereocenters. The largest absolute Gasteiger partial charge is 0.476 e. The van der Waals surface area contributed by atoms with Crippen LogP contribution in [0.25, 0.3) is 0 Å². The van der Waals surface area contributed by atoms with Crippen LogP contribution in [0, 0.1) is 0 Å². The molecule has 1 N–H and O–H groups in total. The van der Waals surface area contributed by atoms with Crippen molar-refractivity contribution in [2.75, 3.05) is 13.1 Å². The van der Waals surface area contributed by atoms with E-state index in [1.807, 2.05) is 30.3 Å². The number of carbonyl (C=O) groups is 2. The minimum Gasteiger partial charge on any atom is -0.476 e. The summed E-state index contributed by atoms with van der Waals surface area (Å²) in [4.78, 5) is 28.6. The van der Waals surface area contributed by atoms with Gasteiger partial charge in [0.1, 0.15) is 12.9 Å². The molecule has 1 aromatic carbocycles. The van der Waals surface area contributed by atoms with Crippen LogP contribution in [0.3, 0.4) is 0 Å². The number of carboxylic acid groups (broad SMARTS) is 1. The molecule has 0 bridgehead atoms. The fourth-order valence-electron chi connectivity index (χ4n) is 2.69. The molecular weight excluding hydrogens is 312 g/mol. The van der Waals surface area contributed by atoms with Crippen molar-refractivity contribution >= 4 is 12.1 Å². The van der Waals surface area contributed by atoms with Crippen molar-refractivity contribution in [1.29, 1.82) is 0 Å². The quantitative estimate of drug-likeness (QED) is 0.926. The van der Waals surface area contributed by atoms with E-state index < -0.39 is 5.97 Å². The number of carboxylic acids is 1. The summed E-state index contributed by atoms with van der Waals surface area (Å²) in [6.45, 7) is 1.31. The second-order valence-electron chi connectivity index (χ2n) is 5.68. The summed E-state index contributed by atoms with van der Waals surface area (Å²) < 4.78 is 10.6. The summed E-state index contributed by atoms with van der Waals surface area (Å²) in [6.07, 6.45) is 2.15. The van der Waals surface area contributed by atoms with Crippen LogP contribution in [0.2, 0.25) is 0 Å². The van der Waals surface area contributed by atoms with Crippen LogP contribution in [0.1, 0.15) is 40.7 Å².